The van der Waals surface area contributed by atoms with E-state index in [4.69, 9.17) is 14.7 Å². The van der Waals surface area contributed by atoms with E-state index in [9.17, 15) is 9.50 Å². The molecule has 0 unspecified atom stereocenters. The van der Waals surface area contributed by atoms with E-state index in [1.54, 1.807) is 17.2 Å². The van der Waals surface area contributed by atoms with Crippen molar-refractivity contribution in [2.45, 2.75) is 57.3 Å². The molecule has 10 heteroatoms. The fourth-order valence-corrected chi connectivity index (χ4v) is 5.44. The van der Waals surface area contributed by atoms with E-state index >= 15 is 0 Å². The Kier molecular flexibility index (Phi) is 6.11. The number of anilines is 4. The first-order chi connectivity index (χ1) is 17.8. The first kappa shape index (κ1) is 24.2. The SMILES string of the molecule is C[C@H](c1cnc(N2CC[C@H]2C)c2cnc(Nc3ccnc(N4CC[C@@H](O)[C@@](C)(F)C4)n3)cc12)C1COC1. The Labute approximate surface area is 216 Å². The Morgan fingerprint density at radius 3 is 2.65 bits per heavy atom. The molecule has 6 rings (SSSR count). The van der Waals surface area contributed by atoms with Crippen LogP contribution in [0.1, 0.15) is 45.1 Å². The molecule has 6 heterocycles. The number of aliphatic hydroxyl groups excluding tert-OH is 1. The molecule has 2 N–H and O–H groups in total. The number of ether oxygens (including phenoxy) is 1. The fourth-order valence-electron chi connectivity index (χ4n) is 5.44. The summed E-state index contributed by atoms with van der Waals surface area (Å²) in [4.78, 5) is 22.7. The molecule has 0 spiro atoms. The smallest absolute Gasteiger partial charge is 0.227 e. The van der Waals surface area contributed by atoms with Gasteiger partial charge in [0.25, 0.3) is 0 Å². The third-order valence-corrected chi connectivity index (χ3v) is 8.28. The maximum atomic E-state index is 14.7. The molecule has 3 aliphatic rings. The molecule has 0 amide bonds. The molecule has 3 aromatic rings. The average molecular weight is 508 g/mol. The Hall–Kier alpha value is -3.11. The number of aliphatic hydroxyl groups is 1. The third kappa shape index (κ3) is 4.46. The van der Waals surface area contributed by atoms with Crippen LogP contribution in [0.3, 0.4) is 0 Å². The summed E-state index contributed by atoms with van der Waals surface area (Å²) in [6.07, 6.45) is 6.11. The van der Waals surface area contributed by atoms with Gasteiger partial charge >= 0.3 is 0 Å². The molecule has 0 radical (unpaired) electrons. The minimum atomic E-state index is -1.71. The normalized spacial score (nSPS) is 27.1. The summed E-state index contributed by atoms with van der Waals surface area (Å²) in [6.45, 7) is 8.99. The van der Waals surface area contributed by atoms with Gasteiger partial charge in [0.1, 0.15) is 17.5 Å². The van der Waals surface area contributed by atoms with Gasteiger partial charge in [0.15, 0.2) is 5.67 Å². The zero-order valence-corrected chi connectivity index (χ0v) is 21.6. The molecule has 3 fully saturated rings. The van der Waals surface area contributed by atoms with Crippen molar-refractivity contribution in [1.82, 2.24) is 19.9 Å². The Balaban J connectivity index is 1.31. The van der Waals surface area contributed by atoms with E-state index in [0.29, 0.717) is 48.4 Å². The number of nitrogens with one attached hydrogen (secondary N) is 1. The summed E-state index contributed by atoms with van der Waals surface area (Å²) in [7, 11) is 0. The van der Waals surface area contributed by atoms with Crippen molar-refractivity contribution in [2.75, 3.05) is 48.0 Å². The lowest BCUT2D eigenvalue weighted by atomic mass is 9.85. The molecule has 0 bridgehead atoms. The molecule has 0 aromatic carbocycles. The first-order valence-electron chi connectivity index (χ1n) is 13.1. The van der Waals surface area contributed by atoms with E-state index in [1.165, 1.54) is 18.9 Å². The summed E-state index contributed by atoms with van der Waals surface area (Å²) in [5.74, 6) is 3.47. The molecule has 196 valence electrons. The van der Waals surface area contributed by atoms with Gasteiger partial charge in [-0.1, -0.05) is 6.92 Å². The van der Waals surface area contributed by atoms with E-state index in [1.807, 2.05) is 12.4 Å². The van der Waals surface area contributed by atoms with Crippen LogP contribution < -0.4 is 15.1 Å². The molecule has 0 aliphatic carbocycles. The zero-order valence-electron chi connectivity index (χ0n) is 21.6. The topological polar surface area (TPSA) is 99.5 Å². The summed E-state index contributed by atoms with van der Waals surface area (Å²) < 4.78 is 20.2. The monoisotopic (exact) mass is 507 g/mol. The van der Waals surface area contributed by atoms with Gasteiger partial charge in [-0.2, -0.15) is 4.98 Å². The van der Waals surface area contributed by atoms with Crippen molar-refractivity contribution in [3.63, 3.8) is 0 Å². The molecule has 3 aromatic heterocycles. The second-order valence-electron chi connectivity index (χ2n) is 10.9. The van der Waals surface area contributed by atoms with Gasteiger partial charge in [-0.05, 0) is 55.7 Å². The molecule has 37 heavy (non-hydrogen) atoms. The number of piperidine rings is 1. The van der Waals surface area contributed by atoms with Gasteiger partial charge in [0, 0.05) is 49.0 Å². The molecule has 4 atom stereocenters. The third-order valence-electron chi connectivity index (χ3n) is 8.28. The highest BCUT2D eigenvalue weighted by atomic mass is 19.1. The lowest BCUT2D eigenvalue weighted by Crippen LogP contribution is -2.52. The molecule has 3 saturated heterocycles. The molecule has 3 aliphatic heterocycles. The van der Waals surface area contributed by atoms with E-state index in [2.05, 4.69) is 40.1 Å². The van der Waals surface area contributed by atoms with Gasteiger partial charge in [-0.3, -0.25) is 0 Å². The van der Waals surface area contributed by atoms with Crippen LogP contribution >= 0.6 is 0 Å². The van der Waals surface area contributed by atoms with E-state index < -0.39 is 11.8 Å². The van der Waals surface area contributed by atoms with Crippen molar-refractivity contribution in [3.8, 4) is 0 Å². The molecule has 9 nitrogen and oxygen atoms in total. The average Bonchev–Trinajstić information content (AvgIpc) is 2.84. The molecular formula is C27H34FN7O2. The van der Waals surface area contributed by atoms with Gasteiger partial charge in [-0.25, -0.2) is 19.3 Å². The van der Waals surface area contributed by atoms with Gasteiger partial charge < -0.3 is 25.0 Å². The summed E-state index contributed by atoms with van der Waals surface area (Å²) in [5.41, 5.74) is -0.508. The Bertz CT molecular complexity index is 1300. The highest BCUT2D eigenvalue weighted by Crippen LogP contribution is 2.39. The van der Waals surface area contributed by atoms with Crippen LogP contribution in [0.25, 0.3) is 10.8 Å². The van der Waals surface area contributed by atoms with E-state index in [-0.39, 0.29) is 6.54 Å². The zero-order chi connectivity index (χ0) is 25.7. The predicted molar refractivity (Wildman–Crippen MR) is 141 cm³/mol. The minimum Gasteiger partial charge on any atom is -0.390 e. The number of hydrogen-bond donors (Lipinski definition) is 2. The first-order valence-corrected chi connectivity index (χ1v) is 13.1. The number of hydrogen-bond acceptors (Lipinski definition) is 9. The number of nitrogens with zero attached hydrogens (tertiary/aromatic N) is 6. The Morgan fingerprint density at radius 2 is 1.97 bits per heavy atom. The van der Waals surface area contributed by atoms with Crippen molar-refractivity contribution in [1.29, 1.82) is 0 Å². The lowest BCUT2D eigenvalue weighted by molar-refractivity contribution is -0.0422. The van der Waals surface area contributed by atoms with E-state index in [0.717, 1.165) is 36.3 Å². The second-order valence-corrected chi connectivity index (χ2v) is 10.9. The highest BCUT2D eigenvalue weighted by molar-refractivity contribution is 5.96. The maximum absolute atomic E-state index is 14.7. The maximum Gasteiger partial charge on any atom is 0.227 e. The lowest BCUT2D eigenvalue weighted by Gasteiger charge is -2.40. The van der Waals surface area contributed by atoms with Crippen LogP contribution in [-0.4, -0.2) is 75.7 Å². The van der Waals surface area contributed by atoms with Crippen LogP contribution in [0.4, 0.5) is 27.8 Å². The van der Waals surface area contributed by atoms with Crippen LogP contribution in [0.15, 0.2) is 30.7 Å². The van der Waals surface area contributed by atoms with Crippen molar-refractivity contribution in [2.24, 2.45) is 5.92 Å². The molecule has 0 saturated carbocycles. The number of fused-ring (bicyclic) bond motifs is 1. The van der Waals surface area contributed by atoms with Crippen LogP contribution in [0.5, 0.6) is 0 Å². The standard InChI is InChI=1S/C27H34FN7O2/c1-16-5-9-35(16)25-21-12-30-24(10-19(21)20(11-31-25)17(2)18-13-37-14-18)32-23-4-7-29-26(33-23)34-8-6-22(36)27(3,28)15-34/h4,7,10-12,16-18,22,36H,5-6,8-9,13-15H2,1-3H3,(H,29,30,32,33)/t16-,17+,22-,27+/m1/s1. The van der Waals surface area contributed by atoms with Crippen LogP contribution in [-0.2, 0) is 4.74 Å². The minimum absolute atomic E-state index is 0.0443. The van der Waals surface area contributed by atoms with Gasteiger partial charge in [0.05, 0.1) is 25.9 Å². The fraction of sp³-hybridized carbons (Fsp3) is 0.556. The summed E-state index contributed by atoms with van der Waals surface area (Å²) in [5, 5.41) is 15.5. The number of halogens is 1. The predicted octanol–water partition coefficient (Wildman–Crippen LogP) is 3.81. The van der Waals surface area contributed by atoms with Gasteiger partial charge in [-0.15, -0.1) is 0 Å². The largest absolute Gasteiger partial charge is 0.390 e. The molecular weight excluding hydrogens is 473 g/mol. The second kappa shape index (κ2) is 9.33. The number of alkyl halides is 1. The highest BCUT2D eigenvalue weighted by Gasteiger charge is 2.39. The van der Waals surface area contributed by atoms with Crippen molar-refractivity contribution >= 4 is 34.2 Å². The quantitative estimate of drug-likeness (QED) is 0.516. The van der Waals surface area contributed by atoms with Crippen molar-refractivity contribution < 1.29 is 14.2 Å². The van der Waals surface area contributed by atoms with Crippen molar-refractivity contribution in [3.05, 3.63) is 36.3 Å². The van der Waals surface area contributed by atoms with Crippen LogP contribution in [0.2, 0.25) is 0 Å². The number of rotatable bonds is 6. The number of aromatic nitrogens is 4. The Morgan fingerprint density at radius 1 is 1.14 bits per heavy atom. The number of pyridine rings is 2. The summed E-state index contributed by atoms with van der Waals surface area (Å²) in [6, 6.07) is 4.32. The van der Waals surface area contributed by atoms with Crippen LogP contribution in [0, 0.1) is 5.92 Å². The summed E-state index contributed by atoms with van der Waals surface area (Å²) >= 11 is 0. The van der Waals surface area contributed by atoms with Gasteiger partial charge in [0.2, 0.25) is 5.95 Å².